The minimum atomic E-state index is 0.352. The molecule has 0 radical (unpaired) electrons. The molecule has 0 aliphatic heterocycles. The molecule has 0 N–H and O–H groups in total. The maximum atomic E-state index is 8.87. The van der Waals surface area contributed by atoms with Gasteiger partial charge >= 0.3 is 0 Å². The molecule has 4 nitrogen and oxygen atoms in total. The molecule has 2 heterocycles. The molecular weight excluding hydrogens is 344 g/mol. The van der Waals surface area contributed by atoms with Crippen molar-refractivity contribution in [3.8, 4) is 33.7 Å². The van der Waals surface area contributed by atoms with Crippen molar-refractivity contribution in [2.45, 2.75) is 6.61 Å². The molecule has 0 saturated carbocycles. The minimum Gasteiger partial charge on any atom is -0.487 e. The number of thiophene rings is 1. The van der Waals surface area contributed by atoms with Gasteiger partial charge in [-0.2, -0.15) is 5.26 Å². The van der Waals surface area contributed by atoms with Crippen LogP contribution in [-0.2, 0) is 6.61 Å². The number of oxazole rings is 1. The lowest BCUT2D eigenvalue weighted by molar-refractivity contribution is 0.301. The number of nitrogens with zero attached hydrogens (tertiary/aromatic N) is 2. The summed E-state index contributed by atoms with van der Waals surface area (Å²) in [6.07, 6.45) is 1.63. The largest absolute Gasteiger partial charge is 0.487 e. The second-order valence-electron chi connectivity index (χ2n) is 5.62. The molecule has 5 heteroatoms. The summed E-state index contributed by atoms with van der Waals surface area (Å²) in [6, 6.07) is 21.4. The van der Waals surface area contributed by atoms with Gasteiger partial charge in [0.25, 0.3) is 0 Å². The van der Waals surface area contributed by atoms with Crippen LogP contribution >= 0.6 is 11.3 Å². The van der Waals surface area contributed by atoms with Gasteiger partial charge in [-0.25, -0.2) is 4.98 Å². The molecule has 0 bridgehead atoms. The van der Waals surface area contributed by atoms with Crippen molar-refractivity contribution in [3.05, 3.63) is 83.6 Å². The zero-order valence-electron chi connectivity index (χ0n) is 13.8. The van der Waals surface area contributed by atoms with Gasteiger partial charge in [-0.15, -0.1) is 11.3 Å². The Hall–Kier alpha value is -3.36. The van der Waals surface area contributed by atoms with E-state index in [1.165, 1.54) is 0 Å². The van der Waals surface area contributed by atoms with E-state index in [4.69, 9.17) is 14.4 Å². The highest BCUT2D eigenvalue weighted by molar-refractivity contribution is 7.13. The first-order valence-corrected chi connectivity index (χ1v) is 8.91. The number of benzene rings is 2. The van der Waals surface area contributed by atoms with Gasteiger partial charge in [-0.05, 0) is 46.8 Å². The van der Waals surface area contributed by atoms with Crippen molar-refractivity contribution in [3.63, 3.8) is 0 Å². The molecule has 0 unspecified atom stereocenters. The number of hydrogen-bond donors (Lipinski definition) is 0. The summed E-state index contributed by atoms with van der Waals surface area (Å²) < 4.78 is 11.3. The van der Waals surface area contributed by atoms with E-state index in [9.17, 15) is 0 Å². The highest BCUT2D eigenvalue weighted by Gasteiger charge is 2.08. The lowest BCUT2D eigenvalue weighted by Gasteiger charge is -2.06. The number of nitriles is 1. The summed E-state index contributed by atoms with van der Waals surface area (Å²) in [5, 5.41) is 10.9. The van der Waals surface area contributed by atoms with E-state index in [-0.39, 0.29) is 0 Å². The van der Waals surface area contributed by atoms with Crippen molar-refractivity contribution in [2.24, 2.45) is 0 Å². The quantitative estimate of drug-likeness (QED) is 0.471. The molecule has 0 aliphatic rings. The zero-order chi connectivity index (χ0) is 17.8. The topological polar surface area (TPSA) is 59.0 Å². The van der Waals surface area contributed by atoms with Gasteiger partial charge in [0.15, 0.2) is 0 Å². The third-order valence-corrected chi connectivity index (χ3v) is 4.73. The average molecular weight is 358 g/mol. The predicted molar refractivity (Wildman–Crippen MR) is 101 cm³/mol. The summed E-state index contributed by atoms with van der Waals surface area (Å²) in [5.74, 6) is 1.39. The fraction of sp³-hybridized carbons (Fsp3) is 0.0476. The van der Waals surface area contributed by atoms with Crippen LogP contribution in [0, 0.1) is 11.3 Å². The molecule has 0 amide bonds. The molecule has 0 atom stereocenters. The van der Waals surface area contributed by atoms with E-state index in [2.05, 4.69) is 11.1 Å². The monoisotopic (exact) mass is 358 g/mol. The van der Waals surface area contributed by atoms with Gasteiger partial charge in [-0.1, -0.05) is 30.3 Å². The van der Waals surface area contributed by atoms with Gasteiger partial charge in [0.1, 0.15) is 24.3 Å². The Labute approximate surface area is 154 Å². The van der Waals surface area contributed by atoms with Crippen LogP contribution in [0.4, 0.5) is 0 Å². The highest BCUT2D eigenvalue weighted by atomic mass is 32.1. The Bertz CT molecular complexity index is 1030. The number of rotatable bonds is 5. The van der Waals surface area contributed by atoms with Gasteiger partial charge in [0.2, 0.25) is 5.89 Å². The third-order valence-electron chi connectivity index (χ3n) is 3.87. The molecule has 0 aliphatic carbocycles. The van der Waals surface area contributed by atoms with E-state index in [0.29, 0.717) is 18.1 Å². The SMILES string of the molecule is N#Cc1ccc(-c2ccc(OCc3coc(-c4cccs4)n3)cc2)cc1. The maximum absolute atomic E-state index is 8.87. The van der Waals surface area contributed by atoms with E-state index in [0.717, 1.165) is 27.4 Å². The van der Waals surface area contributed by atoms with Crippen molar-refractivity contribution in [1.82, 2.24) is 4.98 Å². The fourth-order valence-corrected chi connectivity index (χ4v) is 3.18. The molecule has 0 spiro atoms. The Morgan fingerprint density at radius 1 is 1.00 bits per heavy atom. The zero-order valence-corrected chi connectivity index (χ0v) is 14.6. The molecule has 2 aromatic carbocycles. The van der Waals surface area contributed by atoms with Crippen LogP contribution in [0.3, 0.4) is 0 Å². The second-order valence-corrected chi connectivity index (χ2v) is 6.57. The third kappa shape index (κ3) is 3.51. The normalized spacial score (nSPS) is 10.4. The van der Waals surface area contributed by atoms with Crippen molar-refractivity contribution >= 4 is 11.3 Å². The number of ether oxygens (including phenoxy) is 1. The Morgan fingerprint density at radius 3 is 2.38 bits per heavy atom. The first kappa shape index (κ1) is 16.1. The number of hydrogen-bond acceptors (Lipinski definition) is 5. The fourth-order valence-electron chi connectivity index (χ4n) is 2.52. The molecular formula is C21H14N2O2S. The molecule has 2 aromatic heterocycles. The molecule has 0 saturated heterocycles. The summed E-state index contributed by atoms with van der Waals surface area (Å²) in [5.41, 5.74) is 3.55. The van der Waals surface area contributed by atoms with E-state index in [1.54, 1.807) is 17.6 Å². The average Bonchev–Trinajstić information content (AvgIpc) is 3.38. The Kier molecular flexibility index (Phi) is 4.50. The summed E-state index contributed by atoms with van der Waals surface area (Å²) >= 11 is 1.59. The van der Waals surface area contributed by atoms with E-state index < -0.39 is 0 Å². The molecule has 0 fully saturated rings. The second kappa shape index (κ2) is 7.26. The maximum Gasteiger partial charge on any atom is 0.236 e. The van der Waals surface area contributed by atoms with Crippen LogP contribution < -0.4 is 4.74 Å². The van der Waals surface area contributed by atoms with Gasteiger partial charge in [-0.3, -0.25) is 0 Å². The first-order chi connectivity index (χ1) is 12.8. The van der Waals surface area contributed by atoms with Crippen molar-refractivity contribution in [2.75, 3.05) is 0 Å². The van der Waals surface area contributed by atoms with E-state index >= 15 is 0 Å². The lowest BCUT2D eigenvalue weighted by Crippen LogP contribution is -1.95. The molecule has 4 rings (SSSR count). The van der Waals surface area contributed by atoms with Crippen LogP contribution in [0.15, 0.2) is 76.7 Å². The first-order valence-electron chi connectivity index (χ1n) is 8.03. The highest BCUT2D eigenvalue weighted by Crippen LogP contribution is 2.25. The van der Waals surface area contributed by atoms with Gasteiger partial charge in [0, 0.05) is 0 Å². The molecule has 4 aromatic rings. The Balaban J connectivity index is 1.40. The van der Waals surface area contributed by atoms with Gasteiger partial charge < -0.3 is 9.15 Å². The van der Waals surface area contributed by atoms with Crippen LogP contribution in [-0.4, -0.2) is 4.98 Å². The van der Waals surface area contributed by atoms with Crippen LogP contribution in [0.25, 0.3) is 21.9 Å². The molecule has 26 heavy (non-hydrogen) atoms. The van der Waals surface area contributed by atoms with Crippen LogP contribution in [0.5, 0.6) is 5.75 Å². The van der Waals surface area contributed by atoms with Crippen LogP contribution in [0.2, 0.25) is 0 Å². The molecule has 126 valence electrons. The summed E-state index contributed by atoms with van der Waals surface area (Å²) in [6.45, 7) is 0.352. The summed E-state index contributed by atoms with van der Waals surface area (Å²) in [7, 11) is 0. The minimum absolute atomic E-state index is 0.352. The van der Waals surface area contributed by atoms with Crippen LogP contribution in [0.1, 0.15) is 11.3 Å². The summed E-state index contributed by atoms with van der Waals surface area (Å²) in [4.78, 5) is 5.44. The smallest absolute Gasteiger partial charge is 0.236 e. The standard InChI is InChI=1S/C21H14N2O2S/c22-12-15-3-5-16(6-4-15)17-7-9-19(10-8-17)24-13-18-14-25-21(23-18)20-2-1-11-26-20/h1-11,14H,13H2. The predicted octanol–water partition coefficient (Wildman–Crippen LogP) is 5.52. The Morgan fingerprint density at radius 2 is 1.73 bits per heavy atom. The van der Waals surface area contributed by atoms with E-state index in [1.807, 2.05) is 66.0 Å². The lowest BCUT2D eigenvalue weighted by atomic mass is 10.0. The van der Waals surface area contributed by atoms with Crippen molar-refractivity contribution in [1.29, 1.82) is 5.26 Å². The van der Waals surface area contributed by atoms with Gasteiger partial charge in [0.05, 0.1) is 16.5 Å². The van der Waals surface area contributed by atoms with Crippen molar-refractivity contribution < 1.29 is 9.15 Å². The number of aromatic nitrogens is 1.